The van der Waals surface area contributed by atoms with Crippen molar-refractivity contribution in [3.63, 3.8) is 0 Å². The van der Waals surface area contributed by atoms with Gasteiger partial charge in [-0.15, -0.1) is 13.2 Å². The smallest absolute Gasteiger partial charge is 0.466 e. The Kier molecular flexibility index (Phi) is 4.68. The topological polar surface area (TPSA) is 52.6 Å². The third-order valence-corrected chi connectivity index (χ3v) is 2.00. The minimum absolute atomic E-state index is 0.233. The summed E-state index contributed by atoms with van der Waals surface area (Å²) in [6, 6.07) is 3.43. The number of rotatable bonds is 4. The summed E-state index contributed by atoms with van der Waals surface area (Å²) >= 11 is 0. The first-order chi connectivity index (χ1) is 8.85. The Labute approximate surface area is 106 Å². The molecule has 1 rings (SSSR count). The highest BCUT2D eigenvalue weighted by molar-refractivity contribution is 5.88. The average molecular weight is 274 g/mol. The molecule has 102 valence electrons. The zero-order valence-electron chi connectivity index (χ0n) is 9.73. The fourth-order valence-electron chi connectivity index (χ4n) is 1.21. The molecule has 1 aromatic carbocycles. The van der Waals surface area contributed by atoms with Gasteiger partial charge in [0.05, 0.1) is 12.7 Å². The highest BCUT2D eigenvalue weighted by Gasteiger charge is 2.32. The van der Waals surface area contributed by atoms with Crippen molar-refractivity contribution in [1.29, 1.82) is 0 Å². The molecule has 0 atom stereocenters. The lowest BCUT2D eigenvalue weighted by molar-refractivity contribution is -0.274. The van der Waals surface area contributed by atoms with Gasteiger partial charge in [-0.2, -0.15) is 0 Å². The molecule has 19 heavy (non-hydrogen) atoms. The summed E-state index contributed by atoms with van der Waals surface area (Å²) in [7, 11) is 1.18. The molecule has 4 nitrogen and oxygen atoms in total. The fraction of sp³-hybridized carbons (Fsp3) is 0.167. The molecule has 1 aromatic rings. The number of halogens is 3. The van der Waals surface area contributed by atoms with Crippen molar-refractivity contribution in [2.24, 2.45) is 0 Å². The summed E-state index contributed by atoms with van der Waals surface area (Å²) in [5.41, 5.74) is 0.0892. The van der Waals surface area contributed by atoms with Gasteiger partial charge in [-0.3, -0.25) is 4.79 Å². The number of carbonyl (C=O) groups is 2. The van der Waals surface area contributed by atoms with Crippen LogP contribution in [0.15, 0.2) is 24.3 Å². The molecule has 0 spiro atoms. The summed E-state index contributed by atoms with van der Waals surface area (Å²) in [5.74, 6) is -1.22. The van der Waals surface area contributed by atoms with Gasteiger partial charge in [0.15, 0.2) is 6.29 Å². The van der Waals surface area contributed by atoms with E-state index in [4.69, 9.17) is 0 Å². The Hall–Kier alpha value is -2.31. The van der Waals surface area contributed by atoms with Crippen molar-refractivity contribution in [1.82, 2.24) is 0 Å². The van der Waals surface area contributed by atoms with Gasteiger partial charge in [-0.05, 0) is 23.8 Å². The van der Waals surface area contributed by atoms with Gasteiger partial charge in [0.25, 0.3) is 0 Å². The number of ether oxygens (including phenoxy) is 2. The Balaban J connectivity index is 2.99. The van der Waals surface area contributed by atoms with E-state index in [2.05, 4.69) is 9.47 Å². The summed E-state index contributed by atoms with van der Waals surface area (Å²) in [6.07, 6.45) is -2.26. The first-order valence-corrected chi connectivity index (χ1v) is 4.96. The molecular weight excluding hydrogens is 265 g/mol. The van der Waals surface area contributed by atoms with Crippen LogP contribution in [0.2, 0.25) is 0 Å². The monoisotopic (exact) mass is 274 g/mol. The molecule has 0 aliphatic heterocycles. The molecule has 0 aliphatic rings. The van der Waals surface area contributed by atoms with Crippen LogP contribution in [0.1, 0.15) is 15.9 Å². The summed E-state index contributed by atoms with van der Waals surface area (Å²) in [6.45, 7) is 0. The van der Waals surface area contributed by atoms with Gasteiger partial charge in [0.1, 0.15) is 5.75 Å². The van der Waals surface area contributed by atoms with Crippen LogP contribution in [0.5, 0.6) is 5.75 Å². The van der Waals surface area contributed by atoms with Crippen LogP contribution in [-0.2, 0) is 9.53 Å². The third kappa shape index (κ3) is 4.82. The summed E-state index contributed by atoms with van der Waals surface area (Å²) < 4.78 is 44.2. The van der Waals surface area contributed by atoms with Crippen LogP contribution in [0.3, 0.4) is 0 Å². The lowest BCUT2D eigenvalue weighted by Crippen LogP contribution is -2.18. The standard InChI is InChI=1S/C12H9F3O4/c1-18-11(17)5-3-8-2-4-10(9(6-8)7-16)19-12(13,14)15/h2-7H,1H3. The molecule has 7 heteroatoms. The fourth-order valence-corrected chi connectivity index (χ4v) is 1.21. The van der Waals surface area contributed by atoms with E-state index in [-0.39, 0.29) is 11.8 Å². The predicted molar refractivity (Wildman–Crippen MR) is 59.6 cm³/mol. The van der Waals surface area contributed by atoms with Crippen molar-refractivity contribution in [3.8, 4) is 5.75 Å². The summed E-state index contributed by atoms with van der Waals surface area (Å²) in [5, 5.41) is 0. The predicted octanol–water partition coefficient (Wildman–Crippen LogP) is 2.58. The number of benzene rings is 1. The highest BCUT2D eigenvalue weighted by Crippen LogP contribution is 2.26. The van der Waals surface area contributed by atoms with Gasteiger partial charge in [-0.25, -0.2) is 4.79 Å². The van der Waals surface area contributed by atoms with Gasteiger partial charge in [-0.1, -0.05) is 6.07 Å². The van der Waals surface area contributed by atoms with E-state index in [1.54, 1.807) is 0 Å². The van der Waals surface area contributed by atoms with Crippen molar-refractivity contribution in [2.45, 2.75) is 6.36 Å². The highest BCUT2D eigenvalue weighted by atomic mass is 19.4. The van der Waals surface area contributed by atoms with E-state index in [1.807, 2.05) is 0 Å². The Morgan fingerprint density at radius 1 is 1.32 bits per heavy atom. The Morgan fingerprint density at radius 3 is 2.53 bits per heavy atom. The first kappa shape index (κ1) is 14.7. The molecule has 0 bridgehead atoms. The molecule has 0 radical (unpaired) electrons. The van der Waals surface area contributed by atoms with Gasteiger partial charge in [0, 0.05) is 6.08 Å². The molecule has 0 saturated heterocycles. The van der Waals surface area contributed by atoms with Gasteiger partial charge >= 0.3 is 12.3 Å². The summed E-state index contributed by atoms with van der Waals surface area (Å²) in [4.78, 5) is 21.5. The van der Waals surface area contributed by atoms with Crippen LogP contribution in [-0.4, -0.2) is 25.7 Å². The molecule has 0 saturated carbocycles. The quantitative estimate of drug-likeness (QED) is 0.481. The van der Waals surface area contributed by atoms with E-state index in [9.17, 15) is 22.8 Å². The number of alkyl halides is 3. The maximum absolute atomic E-state index is 12.0. The Bertz CT molecular complexity index is 506. The molecule has 0 unspecified atom stereocenters. The molecule has 0 amide bonds. The number of aldehydes is 1. The van der Waals surface area contributed by atoms with Crippen LogP contribution < -0.4 is 4.74 Å². The maximum Gasteiger partial charge on any atom is 0.573 e. The molecular formula is C12H9F3O4. The van der Waals surface area contributed by atoms with E-state index >= 15 is 0 Å². The molecule has 0 heterocycles. The number of hydrogen-bond donors (Lipinski definition) is 0. The zero-order valence-corrected chi connectivity index (χ0v) is 9.73. The van der Waals surface area contributed by atoms with Crippen molar-refractivity contribution in [2.75, 3.05) is 7.11 Å². The van der Waals surface area contributed by atoms with Crippen LogP contribution in [0, 0.1) is 0 Å². The minimum Gasteiger partial charge on any atom is -0.466 e. The van der Waals surface area contributed by atoms with Gasteiger partial charge in [0.2, 0.25) is 0 Å². The van der Waals surface area contributed by atoms with E-state index < -0.39 is 18.1 Å². The SMILES string of the molecule is COC(=O)C=Cc1ccc(OC(F)(F)F)c(C=O)c1. The minimum atomic E-state index is -4.87. The van der Waals surface area contributed by atoms with E-state index in [0.717, 1.165) is 18.2 Å². The maximum atomic E-state index is 12.0. The number of esters is 1. The van der Waals surface area contributed by atoms with Crippen LogP contribution in [0.4, 0.5) is 13.2 Å². The third-order valence-electron chi connectivity index (χ3n) is 2.00. The second-order valence-corrected chi connectivity index (χ2v) is 3.32. The second kappa shape index (κ2) is 6.03. The van der Waals surface area contributed by atoms with Crippen molar-refractivity contribution < 1.29 is 32.2 Å². The Morgan fingerprint density at radius 2 is 2.00 bits per heavy atom. The van der Waals surface area contributed by atoms with Crippen molar-refractivity contribution >= 4 is 18.3 Å². The largest absolute Gasteiger partial charge is 0.573 e. The molecule has 0 aromatic heterocycles. The van der Waals surface area contributed by atoms with Gasteiger partial charge < -0.3 is 9.47 Å². The van der Waals surface area contributed by atoms with Crippen LogP contribution >= 0.6 is 0 Å². The van der Waals surface area contributed by atoms with Crippen LogP contribution in [0.25, 0.3) is 6.08 Å². The molecule has 0 N–H and O–H groups in total. The average Bonchev–Trinajstić information content (AvgIpc) is 2.35. The zero-order chi connectivity index (χ0) is 14.5. The first-order valence-electron chi connectivity index (χ1n) is 4.96. The van der Waals surface area contributed by atoms with E-state index in [1.165, 1.54) is 19.3 Å². The number of methoxy groups -OCH3 is 1. The van der Waals surface area contributed by atoms with Crippen molar-refractivity contribution in [3.05, 3.63) is 35.4 Å². The lowest BCUT2D eigenvalue weighted by Gasteiger charge is -2.10. The molecule has 0 aliphatic carbocycles. The normalized spacial score (nSPS) is 11.4. The number of carbonyl (C=O) groups excluding carboxylic acids is 2. The van der Waals surface area contributed by atoms with E-state index in [0.29, 0.717) is 5.56 Å². The number of hydrogen-bond acceptors (Lipinski definition) is 4. The molecule has 0 fully saturated rings. The lowest BCUT2D eigenvalue weighted by atomic mass is 10.1. The second-order valence-electron chi connectivity index (χ2n) is 3.32.